The average molecular weight is 518 g/mol. The van der Waals surface area contributed by atoms with Crippen LogP contribution in [0.15, 0.2) is 85.2 Å². The van der Waals surface area contributed by atoms with Crippen LogP contribution in [-0.2, 0) is 10.0 Å². The predicted molar refractivity (Wildman–Crippen MR) is 148 cm³/mol. The van der Waals surface area contributed by atoms with Crippen LogP contribution in [0.5, 0.6) is 0 Å². The minimum Gasteiger partial charge on any atom is -0.351 e. The van der Waals surface area contributed by atoms with Crippen molar-refractivity contribution in [1.29, 1.82) is 0 Å². The van der Waals surface area contributed by atoms with E-state index >= 15 is 0 Å². The van der Waals surface area contributed by atoms with Crippen LogP contribution >= 0.6 is 12.2 Å². The number of rotatable bonds is 6. The van der Waals surface area contributed by atoms with Gasteiger partial charge < -0.3 is 14.8 Å². The van der Waals surface area contributed by atoms with E-state index in [1.54, 1.807) is 12.3 Å². The Hall–Kier alpha value is -3.69. The number of pyridine rings is 1. The molecule has 0 unspecified atom stereocenters. The number of thiocarbonyl (C=S) groups is 1. The first-order chi connectivity index (χ1) is 17.2. The number of hydrogen-bond donors (Lipinski definition) is 2. The Labute approximate surface area is 216 Å². The summed E-state index contributed by atoms with van der Waals surface area (Å²) in [5, 5.41) is 4.07. The van der Waals surface area contributed by atoms with Crippen molar-refractivity contribution in [3.63, 3.8) is 0 Å². The lowest BCUT2D eigenvalue weighted by molar-refractivity contribution is 0.549. The third-order valence-electron chi connectivity index (χ3n) is 6.28. The van der Waals surface area contributed by atoms with Crippen molar-refractivity contribution >= 4 is 38.7 Å². The molecule has 0 bridgehead atoms. The molecule has 1 saturated heterocycles. The van der Waals surface area contributed by atoms with Crippen LogP contribution in [0.1, 0.15) is 34.6 Å². The third kappa shape index (κ3) is 4.72. The van der Waals surface area contributed by atoms with E-state index in [1.807, 2.05) is 43.3 Å². The maximum atomic E-state index is 11.8. The summed E-state index contributed by atoms with van der Waals surface area (Å²) in [4.78, 5) is 6.72. The molecule has 1 fully saturated rings. The zero-order valence-corrected chi connectivity index (χ0v) is 21.8. The highest BCUT2D eigenvalue weighted by Gasteiger charge is 2.42. The van der Waals surface area contributed by atoms with E-state index in [1.165, 1.54) is 5.56 Å². The molecule has 2 aromatic heterocycles. The topological polar surface area (TPSA) is 79.3 Å². The zero-order chi connectivity index (χ0) is 25.4. The largest absolute Gasteiger partial charge is 0.351 e. The number of aryl methyl sites for hydroxylation is 2. The first-order valence-electron chi connectivity index (χ1n) is 11.5. The Morgan fingerprint density at radius 3 is 2.39 bits per heavy atom. The number of nitrogens with zero attached hydrogens (tertiary/aromatic N) is 3. The molecule has 0 saturated carbocycles. The van der Waals surface area contributed by atoms with Crippen molar-refractivity contribution in [3.8, 4) is 5.69 Å². The molecular formula is C27H27N5O2S2. The Balaban J connectivity index is 1.63. The lowest BCUT2D eigenvalue weighted by Crippen LogP contribution is -2.30. The van der Waals surface area contributed by atoms with E-state index in [2.05, 4.69) is 67.9 Å². The third-order valence-corrected chi connectivity index (χ3v) is 7.18. The first-order valence-corrected chi connectivity index (χ1v) is 13.8. The van der Waals surface area contributed by atoms with Gasteiger partial charge in [-0.2, -0.15) is 0 Å². The second-order valence-corrected chi connectivity index (χ2v) is 11.1. The van der Waals surface area contributed by atoms with E-state index in [0.29, 0.717) is 10.8 Å². The Bertz CT molecular complexity index is 1520. The van der Waals surface area contributed by atoms with Gasteiger partial charge in [0.25, 0.3) is 0 Å². The number of sulfonamides is 1. The summed E-state index contributed by atoms with van der Waals surface area (Å²) in [6.45, 7) is 3.95. The van der Waals surface area contributed by atoms with Gasteiger partial charge in [-0.1, -0.05) is 23.8 Å². The van der Waals surface area contributed by atoms with Crippen molar-refractivity contribution in [2.24, 2.45) is 0 Å². The molecular weight excluding hydrogens is 490 g/mol. The normalized spacial score (nSPS) is 17.8. The molecule has 36 heavy (non-hydrogen) atoms. The Kier molecular flexibility index (Phi) is 6.27. The smallest absolute Gasteiger partial charge is 0.229 e. The fourth-order valence-corrected chi connectivity index (χ4v) is 5.60. The summed E-state index contributed by atoms with van der Waals surface area (Å²) in [7, 11) is -3.39. The highest BCUT2D eigenvalue weighted by atomic mass is 32.2. The highest BCUT2D eigenvalue weighted by molar-refractivity contribution is 7.92. The second kappa shape index (κ2) is 9.40. The molecule has 9 heteroatoms. The van der Waals surface area contributed by atoms with Gasteiger partial charge in [0, 0.05) is 29.5 Å². The van der Waals surface area contributed by atoms with Crippen LogP contribution < -0.4 is 14.9 Å². The fraction of sp³-hybridized carbons (Fsp3) is 0.185. The molecule has 0 aliphatic carbocycles. The molecule has 0 amide bonds. The van der Waals surface area contributed by atoms with Crippen LogP contribution in [0.3, 0.4) is 0 Å². The van der Waals surface area contributed by atoms with Gasteiger partial charge in [0.15, 0.2) is 5.11 Å². The summed E-state index contributed by atoms with van der Waals surface area (Å²) in [5.74, 6) is 0. The van der Waals surface area contributed by atoms with Crippen molar-refractivity contribution in [2.45, 2.75) is 25.9 Å². The molecule has 2 atom stereocenters. The van der Waals surface area contributed by atoms with E-state index in [0.717, 1.165) is 34.6 Å². The van der Waals surface area contributed by atoms with E-state index < -0.39 is 10.0 Å². The van der Waals surface area contributed by atoms with Crippen LogP contribution in [-0.4, -0.2) is 29.3 Å². The molecule has 1 aliphatic rings. The standard InChI is InChI=1S/C27H27N5O2S2/c1-18-9-11-20(12-10-18)31-16-6-8-24(31)26-25(23-7-4-5-15-28-23)29-27(35)32(26)21-13-14-22(19(2)17-21)30-36(3,33)34/h4-17,25-26,30H,1-3H3,(H,29,35)/t25-,26-/m0/s1. The van der Waals surface area contributed by atoms with E-state index in [-0.39, 0.29) is 12.1 Å². The lowest BCUT2D eigenvalue weighted by Gasteiger charge is -2.29. The van der Waals surface area contributed by atoms with Gasteiger partial charge in [0.2, 0.25) is 10.0 Å². The van der Waals surface area contributed by atoms with Crippen molar-refractivity contribution in [2.75, 3.05) is 15.9 Å². The van der Waals surface area contributed by atoms with Crippen LogP contribution in [0, 0.1) is 13.8 Å². The van der Waals surface area contributed by atoms with Gasteiger partial charge in [-0.3, -0.25) is 9.71 Å². The molecule has 2 aromatic carbocycles. The fourth-order valence-electron chi connectivity index (χ4n) is 4.62. The quantitative estimate of drug-likeness (QED) is 0.349. The van der Waals surface area contributed by atoms with E-state index in [9.17, 15) is 8.42 Å². The van der Waals surface area contributed by atoms with Gasteiger partial charge in [-0.15, -0.1) is 0 Å². The van der Waals surface area contributed by atoms with Gasteiger partial charge in [-0.05, 0) is 86.2 Å². The molecule has 7 nitrogen and oxygen atoms in total. The summed E-state index contributed by atoms with van der Waals surface area (Å²) in [5.41, 5.74) is 6.40. The highest BCUT2D eigenvalue weighted by Crippen LogP contribution is 2.42. The molecule has 2 N–H and O–H groups in total. The maximum Gasteiger partial charge on any atom is 0.229 e. The molecule has 5 rings (SSSR count). The Morgan fingerprint density at radius 2 is 1.72 bits per heavy atom. The molecule has 0 spiro atoms. The summed E-state index contributed by atoms with van der Waals surface area (Å²) >= 11 is 5.86. The van der Waals surface area contributed by atoms with Gasteiger partial charge in [-0.25, -0.2) is 8.42 Å². The monoisotopic (exact) mass is 517 g/mol. The van der Waals surface area contributed by atoms with Crippen LogP contribution in [0.2, 0.25) is 0 Å². The van der Waals surface area contributed by atoms with E-state index in [4.69, 9.17) is 12.2 Å². The summed E-state index contributed by atoms with van der Waals surface area (Å²) in [6.07, 6.45) is 4.99. The predicted octanol–water partition coefficient (Wildman–Crippen LogP) is 5.04. The van der Waals surface area contributed by atoms with Gasteiger partial charge in [0.05, 0.1) is 23.7 Å². The maximum absolute atomic E-state index is 11.8. The minimum absolute atomic E-state index is 0.188. The number of anilines is 2. The van der Waals surface area contributed by atoms with Crippen LogP contribution in [0.25, 0.3) is 5.69 Å². The number of hydrogen-bond acceptors (Lipinski definition) is 4. The zero-order valence-electron chi connectivity index (χ0n) is 20.2. The molecule has 1 aliphatic heterocycles. The van der Waals surface area contributed by atoms with Gasteiger partial charge >= 0.3 is 0 Å². The van der Waals surface area contributed by atoms with Crippen LogP contribution in [0.4, 0.5) is 11.4 Å². The molecule has 184 valence electrons. The van der Waals surface area contributed by atoms with Crippen molar-refractivity contribution in [3.05, 3.63) is 108 Å². The molecule has 0 radical (unpaired) electrons. The van der Waals surface area contributed by atoms with Crippen molar-refractivity contribution < 1.29 is 8.42 Å². The van der Waals surface area contributed by atoms with Gasteiger partial charge in [0.1, 0.15) is 6.04 Å². The van der Waals surface area contributed by atoms with Crippen molar-refractivity contribution in [1.82, 2.24) is 14.9 Å². The molecule has 4 aromatic rings. The Morgan fingerprint density at radius 1 is 0.972 bits per heavy atom. The number of benzene rings is 2. The minimum atomic E-state index is -3.39. The first kappa shape index (κ1) is 24.0. The SMILES string of the molecule is Cc1ccc(-n2cccc2[C@H]2[C@H](c3ccccn3)NC(=S)N2c2ccc(NS(C)(=O)=O)c(C)c2)cc1. The number of aromatic nitrogens is 2. The second-order valence-electron chi connectivity index (χ2n) is 9.01. The average Bonchev–Trinajstić information content (AvgIpc) is 3.45. The lowest BCUT2D eigenvalue weighted by atomic mass is 10.00. The summed E-state index contributed by atoms with van der Waals surface area (Å²) in [6, 6.07) is 23.7. The molecule has 3 heterocycles. The number of nitrogens with one attached hydrogen (secondary N) is 2. The summed E-state index contributed by atoms with van der Waals surface area (Å²) < 4.78 is 28.3.